The van der Waals surface area contributed by atoms with Crippen molar-refractivity contribution in [3.8, 4) is 0 Å². The van der Waals surface area contributed by atoms with E-state index in [4.69, 9.17) is 23.2 Å². The van der Waals surface area contributed by atoms with E-state index in [2.05, 4.69) is 16.3 Å². The maximum absolute atomic E-state index is 12.6. The Hall–Kier alpha value is -1.59. The number of carbonyl (C=O) groups excluding carboxylic acids is 1. The van der Waals surface area contributed by atoms with Crippen LogP contribution in [-0.2, 0) is 13.1 Å². The molecule has 0 saturated carbocycles. The third-order valence-electron chi connectivity index (χ3n) is 3.84. The summed E-state index contributed by atoms with van der Waals surface area (Å²) in [5.41, 5.74) is 2.30. The minimum absolute atomic E-state index is 0.165. The van der Waals surface area contributed by atoms with E-state index >= 15 is 0 Å². The average Bonchev–Trinajstić information content (AvgIpc) is 2.89. The molecule has 0 aliphatic rings. The molecule has 0 bridgehead atoms. The summed E-state index contributed by atoms with van der Waals surface area (Å²) in [5.74, 6) is -0.165. The lowest BCUT2D eigenvalue weighted by Crippen LogP contribution is -2.23. The molecule has 1 N–H and O–H groups in total. The van der Waals surface area contributed by atoms with Gasteiger partial charge in [0.2, 0.25) is 0 Å². The van der Waals surface area contributed by atoms with E-state index in [1.807, 2.05) is 44.4 Å². The molecule has 130 valence electrons. The molecule has 3 rings (SSSR count). The maximum Gasteiger partial charge on any atom is 0.263 e. The van der Waals surface area contributed by atoms with E-state index in [0.29, 0.717) is 21.5 Å². The smallest absolute Gasteiger partial charge is 0.263 e. The quantitative estimate of drug-likeness (QED) is 0.646. The molecule has 1 heterocycles. The van der Waals surface area contributed by atoms with Gasteiger partial charge in [0.15, 0.2) is 0 Å². The first-order valence-electron chi connectivity index (χ1n) is 7.83. The normalized spacial score (nSPS) is 11.2. The number of halogens is 2. The first-order chi connectivity index (χ1) is 12.0. The van der Waals surface area contributed by atoms with Crippen LogP contribution in [0.4, 0.5) is 0 Å². The lowest BCUT2D eigenvalue weighted by atomic mass is 10.1. The lowest BCUT2D eigenvalue weighted by Gasteiger charge is -2.14. The second-order valence-corrected chi connectivity index (χ2v) is 7.94. The molecular weight excluding hydrogens is 375 g/mol. The highest BCUT2D eigenvalue weighted by atomic mass is 35.5. The fraction of sp³-hybridized carbons (Fsp3) is 0.211. The molecule has 0 saturated heterocycles. The monoisotopic (exact) mass is 392 g/mol. The Balaban J connectivity index is 1.79. The van der Waals surface area contributed by atoms with Crippen LogP contribution in [0.15, 0.2) is 42.5 Å². The Labute approximate surface area is 161 Å². The molecule has 2 aromatic carbocycles. The molecule has 1 aromatic heterocycles. The Morgan fingerprint density at radius 2 is 1.84 bits per heavy atom. The summed E-state index contributed by atoms with van der Waals surface area (Å²) in [6.07, 6.45) is 0. The van der Waals surface area contributed by atoms with Crippen LogP contribution in [-0.4, -0.2) is 24.9 Å². The number of hydrogen-bond donors (Lipinski definition) is 1. The molecule has 0 aliphatic heterocycles. The highest BCUT2D eigenvalue weighted by molar-refractivity contribution is 7.21. The highest BCUT2D eigenvalue weighted by Crippen LogP contribution is 2.36. The number of benzene rings is 2. The van der Waals surface area contributed by atoms with Gasteiger partial charge >= 0.3 is 0 Å². The molecular formula is C19H18Cl2N2OS. The standard InChI is InChI=1S/C19H18Cl2N2OS/c1-23(2)11-13-6-4-3-5-12(13)10-22-19(24)18-17(21)15-8-7-14(20)9-16(15)25-18/h3-9H,10-11H2,1-2H3,(H,22,24). The Kier molecular flexibility index (Phi) is 5.64. The second-order valence-electron chi connectivity index (χ2n) is 6.07. The first kappa shape index (κ1) is 18.2. The number of fused-ring (bicyclic) bond motifs is 1. The summed E-state index contributed by atoms with van der Waals surface area (Å²) in [4.78, 5) is 15.2. The summed E-state index contributed by atoms with van der Waals surface area (Å²) in [7, 11) is 4.05. The summed E-state index contributed by atoms with van der Waals surface area (Å²) in [6.45, 7) is 1.29. The van der Waals surface area contributed by atoms with E-state index in [1.54, 1.807) is 6.07 Å². The van der Waals surface area contributed by atoms with Gasteiger partial charge in [0.25, 0.3) is 5.91 Å². The van der Waals surface area contributed by atoms with Crippen molar-refractivity contribution in [1.82, 2.24) is 10.2 Å². The van der Waals surface area contributed by atoms with Crippen LogP contribution in [0.2, 0.25) is 10.0 Å². The average molecular weight is 393 g/mol. The van der Waals surface area contributed by atoms with Crippen LogP contribution in [0.25, 0.3) is 10.1 Å². The van der Waals surface area contributed by atoms with Crippen LogP contribution in [0, 0.1) is 0 Å². The molecule has 0 radical (unpaired) electrons. The third kappa shape index (κ3) is 4.15. The number of thiophene rings is 1. The van der Waals surface area contributed by atoms with Gasteiger partial charge in [-0.2, -0.15) is 0 Å². The highest BCUT2D eigenvalue weighted by Gasteiger charge is 2.17. The van der Waals surface area contributed by atoms with Crippen molar-refractivity contribution in [1.29, 1.82) is 0 Å². The van der Waals surface area contributed by atoms with Crippen molar-refractivity contribution in [2.24, 2.45) is 0 Å². The van der Waals surface area contributed by atoms with Gasteiger partial charge < -0.3 is 10.2 Å². The van der Waals surface area contributed by atoms with Crippen molar-refractivity contribution >= 4 is 50.5 Å². The minimum atomic E-state index is -0.165. The topological polar surface area (TPSA) is 32.3 Å². The Morgan fingerprint density at radius 1 is 1.12 bits per heavy atom. The van der Waals surface area contributed by atoms with Crippen molar-refractivity contribution < 1.29 is 4.79 Å². The van der Waals surface area contributed by atoms with Gasteiger partial charge in [0, 0.05) is 28.2 Å². The fourth-order valence-electron chi connectivity index (χ4n) is 2.67. The molecule has 0 unspecified atom stereocenters. The van der Waals surface area contributed by atoms with Crippen LogP contribution in [0.3, 0.4) is 0 Å². The van der Waals surface area contributed by atoms with E-state index in [9.17, 15) is 4.79 Å². The van der Waals surface area contributed by atoms with Gasteiger partial charge in [-0.25, -0.2) is 0 Å². The maximum atomic E-state index is 12.6. The lowest BCUT2D eigenvalue weighted by molar-refractivity contribution is 0.0955. The number of hydrogen-bond acceptors (Lipinski definition) is 3. The molecule has 3 nitrogen and oxygen atoms in total. The van der Waals surface area contributed by atoms with E-state index in [0.717, 1.165) is 22.2 Å². The second kappa shape index (κ2) is 7.75. The first-order valence-corrected chi connectivity index (χ1v) is 9.40. The van der Waals surface area contributed by atoms with Crippen LogP contribution in [0.5, 0.6) is 0 Å². The molecule has 3 aromatic rings. The van der Waals surface area contributed by atoms with Gasteiger partial charge in [-0.3, -0.25) is 4.79 Å². The molecule has 1 amide bonds. The summed E-state index contributed by atoms with van der Waals surface area (Å²) >= 11 is 13.8. The van der Waals surface area contributed by atoms with Crippen LogP contribution in [0.1, 0.15) is 20.8 Å². The zero-order chi connectivity index (χ0) is 18.0. The third-order valence-corrected chi connectivity index (χ3v) is 5.73. The number of nitrogens with one attached hydrogen (secondary N) is 1. The fourth-order valence-corrected chi connectivity index (χ4v) is 4.38. The molecule has 0 aliphatic carbocycles. The van der Waals surface area contributed by atoms with Gasteiger partial charge in [-0.05, 0) is 37.4 Å². The Bertz CT molecular complexity index is 921. The molecule has 0 fully saturated rings. The zero-order valence-corrected chi connectivity index (χ0v) is 16.3. The SMILES string of the molecule is CN(C)Cc1ccccc1CNC(=O)c1sc2cc(Cl)ccc2c1Cl. The largest absolute Gasteiger partial charge is 0.347 e. The van der Waals surface area contributed by atoms with E-state index in [-0.39, 0.29) is 5.91 Å². The summed E-state index contributed by atoms with van der Waals surface area (Å²) in [6, 6.07) is 13.6. The van der Waals surface area contributed by atoms with Crippen molar-refractivity contribution in [2.75, 3.05) is 14.1 Å². The predicted molar refractivity (Wildman–Crippen MR) is 107 cm³/mol. The van der Waals surface area contributed by atoms with Crippen LogP contribution < -0.4 is 5.32 Å². The summed E-state index contributed by atoms with van der Waals surface area (Å²) in [5, 5.41) is 4.95. The van der Waals surface area contributed by atoms with Crippen LogP contribution >= 0.6 is 34.5 Å². The number of amides is 1. The molecule has 0 atom stereocenters. The van der Waals surface area contributed by atoms with Gasteiger partial charge in [0.05, 0.1) is 5.02 Å². The van der Waals surface area contributed by atoms with Crippen molar-refractivity contribution in [3.63, 3.8) is 0 Å². The van der Waals surface area contributed by atoms with E-state index < -0.39 is 0 Å². The number of carbonyl (C=O) groups is 1. The Morgan fingerprint density at radius 3 is 2.56 bits per heavy atom. The number of nitrogens with zero attached hydrogens (tertiary/aromatic N) is 1. The van der Waals surface area contributed by atoms with E-state index in [1.165, 1.54) is 16.9 Å². The molecule has 6 heteroatoms. The van der Waals surface area contributed by atoms with Crippen molar-refractivity contribution in [2.45, 2.75) is 13.1 Å². The van der Waals surface area contributed by atoms with Gasteiger partial charge in [0.1, 0.15) is 4.88 Å². The molecule has 25 heavy (non-hydrogen) atoms. The minimum Gasteiger partial charge on any atom is -0.347 e. The van der Waals surface area contributed by atoms with Crippen molar-refractivity contribution in [3.05, 3.63) is 68.5 Å². The molecule has 0 spiro atoms. The predicted octanol–water partition coefficient (Wildman–Crippen LogP) is 5.20. The van der Waals surface area contributed by atoms with Gasteiger partial charge in [-0.15, -0.1) is 11.3 Å². The zero-order valence-electron chi connectivity index (χ0n) is 14.0. The summed E-state index contributed by atoms with van der Waals surface area (Å²) < 4.78 is 0.913. The van der Waals surface area contributed by atoms with Gasteiger partial charge in [-0.1, -0.05) is 53.5 Å². The number of rotatable bonds is 5.